The number of fused-ring (bicyclic) bond motifs is 2. The molecule has 0 spiro atoms. The number of carbonyl (C=O) groups excluding carboxylic acids is 1. The summed E-state index contributed by atoms with van der Waals surface area (Å²) in [7, 11) is 0. The molecular formula is C25H25N5O4. The first-order valence-electron chi connectivity index (χ1n) is 11.5. The lowest BCUT2D eigenvalue weighted by molar-refractivity contribution is 0.0746. The van der Waals surface area contributed by atoms with Crippen molar-refractivity contribution in [1.82, 2.24) is 14.5 Å². The molecule has 0 atom stereocenters. The fraction of sp³-hybridized carbons (Fsp3) is 0.360. The number of anilines is 1. The first-order chi connectivity index (χ1) is 16.6. The van der Waals surface area contributed by atoms with E-state index in [2.05, 4.69) is 11.0 Å². The predicted molar refractivity (Wildman–Crippen MR) is 127 cm³/mol. The van der Waals surface area contributed by atoms with E-state index in [1.807, 2.05) is 6.92 Å². The molecule has 0 N–H and O–H groups in total. The maximum Gasteiger partial charge on any atom is 0.262 e. The normalized spacial score (nSPS) is 15.3. The summed E-state index contributed by atoms with van der Waals surface area (Å²) >= 11 is 0. The Kier molecular flexibility index (Phi) is 5.80. The minimum Gasteiger partial charge on any atom is -0.486 e. The predicted octanol–water partition coefficient (Wildman–Crippen LogP) is 2.41. The Hall–Kier alpha value is -4.06. The monoisotopic (exact) mass is 459 g/mol. The number of amides is 1. The van der Waals surface area contributed by atoms with Crippen molar-refractivity contribution < 1.29 is 14.3 Å². The van der Waals surface area contributed by atoms with Crippen LogP contribution in [0.2, 0.25) is 0 Å². The molecule has 1 saturated heterocycles. The van der Waals surface area contributed by atoms with Gasteiger partial charge in [-0.1, -0.05) is 6.92 Å². The van der Waals surface area contributed by atoms with Crippen LogP contribution in [0.5, 0.6) is 11.5 Å². The highest BCUT2D eigenvalue weighted by molar-refractivity contribution is 5.94. The Morgan fingerprint density at radius 3 is 2.38 bits per heavy atom. The highest BCUT2D eigenvalue weighted by atomic mass is 16.6. The summed E-state index contributed by atoms with van der Waals surface area (Å²) < 4.78 is 13.1. The second kappa shape index (κ2) is 9.06. The van der Waals surface area contributed by atoms with Gasteiger partial charge in [-0.2, -0.15) is 5.26 Å². The SMILES string of the molecule is CCCn1c(N2CCN(C(=O)c3ccc(C#N)cc3)CC2)nc2cc3c(cc2c1=O)OCCO3. The lowest BCUT2D eigenvalue weighted by atomic mass is 10.1. The van der Waals surface area contributed by atoms with Crippen LogP contribution in [0.3, 0.4) is 0 Å². The molecule has 174 valence electrons. The van der Waals surface area contributed by atoms with Crippen molar-refractivity contribution in [3.8, 4) is 17.6 Å². The van der Waals surface area contributed by atoms with Crippen molar-refractivity contribution in [2.45, 2.75) is 19.9 Å². The molecule has 5 rings (SSSR count). The van der Waals surface area contributed by atoms with Gasteiger partial charge in [-0.3, -0.25) is 14.2 Å². The quantitative estimate of drug-likeness (QED) is 0.591. The summed E-state index contributed by atoms with van der Waals surface area (Å²) in [6.07, 6.45) is 0.793. The highest BCUT2D eigenvalue weighted by Crippen LogP contribution is 2.33. The zero-order valence-corrected chi connectivity index (χ0v) is 19.0. The number of benzene rings is 2. The van der Waals surface area contributed by atoms with Gasteiger partial charge < -0.3 is 19.3 Å². The molecule has 2 aliphatic rings. The summed E-state index contributed by atoms with van der Waals surface area (Å²) in [4.78, 5) is 35.0. The zero-order chi connectivity index (χ0) is 23.7. The molecule has 34 heavy (non-hydrogen) atoms. The summed E-state index contributed by atoms with van der Waals surface area (Å²) in [6, 6.07) is 12.2. The van der Waals surface area contributed by atoms with Gasteiger partial charge in [0.2, 0.25) is 5.95 Å². The summed E-state index contributed by atoms with van der Waals surface area (Å²) in [5.41, 5.74) is 1.56. The van der Waals surface area contributed by atoms with Crippen LogP contribution in [0.1, 0.15) is 29.3 Å². The Bertz CT molecular complexity index is 1330. The van der Waals surface area contributed by atoms with E-state index in [1.54, 1.807) is 45.9 Å². The van der Waals surface area contributed by atoms with Gasteiger partial charge in [0.25, 0.3) is 11.5 Å². The van der Waals surface area contributed by atoms with Gasteiger partial charge in [0.05, 0.1) is 22.5 Å². The number of hydrogen-bond acceptors (Lipinski definition) is 7. The Balaban J connectivity index is 1.41. The maximum atomic E-state index is 13.4. The summed E-state index contributed by atoms with van der Waals surface area (Å²) in [5, 5.41) is 9.47. The third kappa shape index (κ3) is 3.92. The molecule has 3 heterocycles. The molecule has 1 fully saturated rings. The molecule has 0 saturated carbocycles. The number of ether oxygens (including phenoxy) is 2. The number of piperazine rings is 1. The van der Waals surface area contributed by atoms with E-state index < -0.39 is 0 Å². The minimum atomic E-state index is -0.102. The molecule has 2 aromatic carbocycles. The van der Waals surface area contributed by atoms with Crippen LogP contribution in [-0.2, 0) is 6.54 Å². The second-order valence-corrected chi connectivity index (χ2v) is 8.35. The lowest BCUT2D eigenvalue weighted by Crippen LogP contribution is -2.50. The number of nitriles is 1. The molecule has 9 heteroatoms. The largest absolute Gasteiger partial charge is 0.486 e. The van der Waals surface area contributed by atoms with Crippen LogP contribution >= 0.6 is 0 Å². The first-order valence-corrected chi connectivity index (χ1v) is 11.5. The van der Waals surface area contributed by atoms with Gasteiger partial charge in [0.1, 0.15) is 13.2 Å². The summed E-state index contributed by atoms with van der Waals surface area (Å²) in [5.74, 6) is 1.72. The van der Waals surface area contributed by atoms with E-state index in [-0.39, 0.29) is 11.5 Å². The molecular weight excluding hydrogens is 434 g/mol. The van der Waals surface area contributed by atoms with Crippen LogP contribution in [-0.4, -0.2) is 59.8 Å². The minimum absolute atomic E-state index is 0.0645. The number of aromatic nitrogens is 2. The standard InChI is InChI=1S/C25H25N5O4/c1-2-7-30-24(32)19-14-21-22(34-13-12-33-21)15-20(19)27-25(30)29-10-8-28(9-11-29)23(31)18-5-3-17(16-26)4-6-18/h3-6,14-15H,2,7-13H2,1H3. The maximum absolute atomic E-state index is 13.4. The molecule has 0 unspecified atom stereocenters. The van der Waals surface area contributed by atoms with Crippen LogP contribution in [0.4, 0.5) is 5.95 Å². The molecule has 1 amide bonds. The first kappa shape index (κ1) is 21.8. The van der Waals surface area contributed by atoms with Crippen molar-refractivity contribution in [2.75, 3.05) is 44.3 Å². The molecule has 0 radical (unpaired) electrons. The van der Waals surface area contributed by atoms with Gasteiger partial charge in [0.15, 0.2) is 11.5 Å². The molecule has 3 aromatic rings. The summed E-state index contributed by atoms with van der Waals surface area (Å²) in [6.45, 7) is 5.66. The molecule has 1 aromatic heterocycles. The van der Waals surface area contributed by atoms with Crippen LogP contribution in [0, 0.1) is 11.3 Å². The van der Waals surface area contributed by atoms with E-state index in [0.717, 1.165) is 6.42 Å². The Labute approximate surface area is 196 Å². The van der Waals surface area contributed by atoms with Gasteiger partial charge in [-0.05, 0) is 36.8 Å². The molecule has 2 aliphatic heterocycles. The molecule has 0 aliphatic carbocycles. The van der Waals surface area contributed by atoms with Crippen LogP contribution < -0.4 is 19.9 Å². The average Bonchev–Trinajstić information content (AvgIpc) is 2.89. The van der Waals surface area contributed by atoms with Crippen molar-refractivity contribution >= 4 is 22.8 Å². The third-order valence-electron chi connectivity index (χ3n) is 6.16. The van der Waals surface area contributed by atoms with Crippen LogP contribution in [0.25, 0.3) is 10.9 Å². The van der Waals surface area contributed by atoms with Crippen molar-refractivity contribution in [3.63, 3.8) is 0 Å². The second-order valence-electron chi connectivity index (χ2n) is 8.35. The van der Waals surface area contributed by atoms with E-state index in [4.69, 9.17) is 19.7 Å². The van der Waals surface area contributed by atoms with Gasteiger partial charge >= 0.3 is 0 Å². The van der Waals surface area contributed by atoms with E-state index in [9.17, 15) is 9.59 Å². The van der Waals surface area contributed by atoms with E-state index >= 15 is 0 Å². The highest BCUT2D eigenvalue weighted by Gasteiger charge is 2.26. The fourth-order valence-electron chi connectivity index (χ4n) is 4.39. The Morgan fingerprint density at radius 2 is 1.74 bits per heavy atom. The van der Waals surface area contributed by atoms with Crippen molar-refractivity contribution in [1.29, 1.82) is 5.26 Å². The smallest absolute Gasteiger partial charge is 0.262 e. The number of nitrogens with zero attached hydrogens (tertiary/aromatic N) is 5. The van der Waals surface area contributed by atoms with E-state index in [1.165, 1.54) is 0 Å². The topological polar surface area (TPSA) is 101 Å². The van der Waals surface area contributed by atoms with Crippen LogP contribution in [0.15, 0.2) is 41.2 Å². The third-order valence-corrected chi connectivity index (χ3v) is 6.16. The zero-order valence-electron chi connectivity index (χ0n) is 19.0. The van der Waals surface area contributed by atoms with Crippen molar-refractivity contribution in [2.24, 2.45) is 0 Å². The number of rotatable bonds is 4. The molecule has 0 bridgehead atoms. The fourth-order valence-corrected chi connectivity index (χ4v) is 4.39. The van der Waals surface area contributed by atoms with Crippen molar-refractivity contribution in [3.05, 3.63) is 57.9 Å². The number of carbonyl (C=O) groups is 1. The molecule has 9 nitrogen and oxygen atoms in total. The average molecular weight is 460 g/mol. The van der Waals surface area contributed by atoms with Gasteiger partial charge in [-0.25, -0.2) is 4.98 Å². The van der Waals surface area contributed by atoms with E-state index in [0.29, 0.717) is 85.4 Å². The van der Waals surface area contributed by atoms with Gasteiger partial charge in [0, 0.05) is 44.4 Å². The Morgan fingerprint density at radius 1 is 1.06 bits per heavy atom. The lowest BCUT2D eigenvalue weighted by Gasteiger charge is -2.36. The van der Waals surface area contributed by atoms with Gasteiger partial charge in [-0.15, -0.1) is 0 Å². The number of hydrogen-bond donors (Lipinski definition) is 0.